The van der Waals surface area contributed by atoms with Gasteiger partial charge in [0, 0.05) is 33.8 Å². The van der Waals surface area contributed by atoms with E-state index in [1.165, 1.54) is 4.80 Å². The van der Waals surface area contributed by atoms with E-state index in [4.69, 9.17) is 0 Å². The second kappa shape index (κ2) is 8.65. The van der Waals surface area contributed by atoms with Gasteiger partial charge in [0.25, 0.3) is 5.91 Å². The number of hydrazone groups is 1. The fourth-order valence-electron chi connectivity index (χ4n) is 3.36. The van der Waals surface area contributed by atoms with E-state index in [9.17, 15) is 4.79 Å². The summed E-state index contributed by atoms with van der Waals surface area (Å²) in [7, 11) is 0. The van der Waals surface area contributed by atoms with Gasteiger partial charge in [-0.1, -0.05) is 60.7 Å². The molecule has 0 spiro atoms. The van der Waals surface area contributed by atoms with Crippen LogP contribution < -0.4 is 5.43 Å². The van der Waals surface area contributed by atoms with Crippen LogP contribution in [-0.2, 0) is 6.54 Å². The molecule has 0 unspecified atom stereocenters. The summed E-state index contributed by atoms with van der Waals surface area (Å²) in [6, 6.07) is 24.8. The van der Waals surface area contributed by atoms with E-state index in [0.717, 1.165) is 27.6 Å². The molecule has 0 radical (unpaired) electrons. The van der Waals surface area contributed by atoms with Gasteiger partial charge < -0.3 is 4.98 Å². The van der Waals surface area contributed by atoms with Crippen molar-refractivity contribution in [3.05, 3.63) is 102 Å². The SMILES string of the molecule is O=C(NN=Cc1c[nH]c2ccccc12)c1ccc(Cn2nnc(-c3ccccc3)n2)cc1. The molecule has 0 aliphatic carbocycles. The molecule has 8 nitrogen and oxygen atoms in total. The third-order valence-electron chi connectivity index (χ3n) is 5.02. The Labute approximate surface area is 183 Å². The number of hydrogen-bond donors (Lipinski definition) is 2. The van der Waals surface area contributed by atoms with E-state index < -0.39 is 0 Å². The van der Waals surface area contributed by atoms with E-state index in [-0.39, 0.29) is 5.91 Å². The number of para-hydroxylation sites is 1. The fourth-order valence-corrected chi connectivity index (χ4v) is 3.36. The number of rotatable bonds is 6. The number of nitrogens with one attached hydrogen (secondary N) is 2. The van der Waals surface area contributed by atoms with Crippen LogP contribution in [0.1, 0.15) is 21.5 Å². The molecule has 0 fully saturated rings. The average Bonchev–Trinajstić information content (AvgIpc) is 3.47. The van der Waals surface area contributed by atoms with Crippen LogP contribution in [0.25, 0.3) is 22.3 Å². The van der Waals surface area contributed by atoms with Crippen LogP contribution in [0, 0.1) is 0 Å². The van der Waals surface area contributed by atoms with E-state index in [2.05, 4.69) is 30.9 Å². The maximum Gasteiger partial charge on any atom is 0.271 e. The maximum atomic E-state index is 12.4. The van der Waals surface area contributed by atoms with E-state index in [1.54, 1.807) is 18.3 Å². The number of fused-ring (bicyclic) bond motifs is 1. The first-order valence-electron chi connectivity index (χ1n) is 10.1. The quantitative estimate of drug-likeness (QED) is 0.323. The number of tetrazole rings is 1. The Morgan fingerprint density at radius 1 is 1.00 bits per heavy atom. The Kier molecular flexibility index (Phi) is 5.24. The predicted molar refractivity (Wildman–Crippen MR) is 122 cm³/mol. The molecule has 32 heavy (non-hydrogen) atoms. The second-order valence-electron chi connectivity index (χ2n) is 7.20. The van der Waals surface area contributed by atoms with Crippen molar-refractivity contribution in [2.45, 2.75) is 6.54 Å². The van der Waals surface area contributed by atoms with Crippen LogP contribution in [0.3, 0.4) is 0 Å². The van der Waals surface area contributed by atoms with Gasteiger partial charge in [-0.3, -0.25) is 4.79 Å². The van der Waals surface area contributed by atoms with Crippen LogP contribution in [0.2, 0.25) is 0 Å². The minimum absolute atomic E-state index is 0.280. The highest BCUT2D eigenvalue weighted by atomic mass is 16.2. The lowest BCUT2D eigenvalue weighted by atomic mass is 10.1. The van der Waals surface area contributed by atoms with Crippen molar-refractivity contribution in [3.8, 4) is 11.4 Å². The third-order valence-corrected chi connectivity index (χ3v) is 5.02. The summed E-state index contributed by atoms with van der Waals surface area (Å²) in [5.41, 5.74) is 6.89. The molecular weight excluding hydrogens is 402 g/mol. The number of benzene rings is 3. The minimum Gasteiger partial charge on any atom is -0.361 e. The lowest BCUT2D eigenvalue weighted by molar-refractivity contribution is 0.0955. The first-order valence-corrected chi connectivity index (χ1v) is 10.1. The molecule has 1 amide bonds. The van der Waals surface area contributed by atoms with Gasteiger partial charge in [0.1, 0.15) is 0 Å². The van der Waals surface area contributed by atoms with Gasteiger partial charge in [0.15, 0.2) is 0 Å². The molecule has 2 heterocycles. The number of nitrogens with zero attached hydrogens (tertiary/aromatic N) is 5. The fraction of sp³-hybridized carbons (Fsp3) is 0.0417. The van der Waals surface area contributed by atoms with Gasteiger partial charge >= 0.3 is 0 Å². The summed E-state index contributed by atoms with van der Waals surface area (Å²) in [4.78, 5) is 17.1. The van der Waals surface area contributed by atoms with E-state index >= 15 is 0 Å². The zero-order chi connectivity index (χ0) is 21.8. The molecule has 0 atom stereocenters. The molecular formula is C24H19N7O. The van der Waals surface area contributed by atoms with Crippen molar-refractivity contribution in [1.29, 1.82) is 0 Å². The number of H-pyrrole nitrogens is 1. The van der Waals surface area contributed by atoms with Crippen LogP contribution in [-0.4, -0.2) is 37.3 Å². The molecule has 0 saturated heterocycles. The summed E-state index contributed by atoms with van der Waals surface area (Å²) in [6.07, 6.45) is 3.49. The molecule has 0 bridgehead atoms. The van der Waals surface area contributed by atoms with Gasteiger partial charge in [-0.15, -0.1) is 10.2 Å². The van der Waals surface area contributed by atoms with Crippen molar-refractivity contribution in [3.63, 3.8) is 0 Å². The number of carbonyl (C=O) groups excluding carboxylic acids is 1. The highest BCUT2D eigenvalue weighted by Crippen LogP contribution is 2.16. The largest absolute Gasteiger partial charge is 0.361 e. The van der Waals surface area contributed by atoms with Gasteiger partial charge in [-0.2, -0.15) is 9.90 Å². The average molecular weight is 421 g/mol. The zero-order valence-electron chi connectivity index (χ0n) is 17.0. The summed E-state index contributed by atoms with van der Waals surface area (Å²) in [5.74, 6) is 0.299. The Morgan fingerprint density at radius 3 is 2.62 bits per heavy atom. The summed E-state index contributed by atoms with van der Waals surface area (Å²) < 4.78 is 0. The number of hydrogen-bond acceptors (Lipinski definition) is 5. The first-order chi connectivity index (χ1) is 15.8. The molecule has 0 aliphatic rings. The third kappa shape index (κ3) is 4.15. The van der Waals surface area contributed by atoms with Crippen molar-refractivity contribution >= 4 is 23.0 Å². The monoisotopic (exact) mass is 421 g/mol. The van der Waals surface area contributed by atoms with Crippen LogP contribution in [0.15, 0.2) is 90.2 Å². The minimum atomic E-state index is -0.280. The normalized spacial score (nSPS) is 11.2. The zero-order valence-corrected chi connectivity index (χ0v) is 17.0. The van der Waals surface area contributed by atoms with Crippen molar-refractivity contribution in [1.82, 2.24) is 30.6 Å². The summed E-state index contributed by atoms with van der Waals surface area (Å²) >= 11 is 0. The Morgan fingerprint density at radius 2 is 1.78 bits per heavy atom. The second-order valence-corrected chi connectivity index (χ2v) is 7.20. The molecule has 0 saturated carbocycles. The Hall–Kier alpha value is -4.59. The Balaban J connectivity index is 1.21. The smallest absolute Gasteiger partial charge is 0.271 e. The first kappa shape index (κ1) is 19.4. The van der Waals surface area contributed by atoms with Gasteiger partial charge in [0.2, 0.25) is 5.82 Å². The van der Waals surface area contributed by atoms with E-state index in [1.807, 2.05) is 72.9 Å². The van der Waals surface area contributed by atoms with Crippen LogP contribution >= 0.6 is 0 Å². The molecule has 2 N–H and O–H groups in total. The highest BCUT2D eigenvalue weighted by molar-refractivity contribution is 6.00. The number of aromatic amines is 1. The highest BCUT2D eigenvalue weighted by Gasteiger charge is 2.08. The molecule has 3 aromatic carbocycles. The van der Waals surface area contributed by atoms with E-state index in [0.29, 0.717) is 17.9 Å². The van der Waals surface area contributed by atoms with Crippen LogP contribution in [0.4, 0.5) is 0 Å². The van der Waals surface area contributed by atoms with Gasteiger partial charge in [0.05, 0.1) is 12.8 Å². The Bertz CT molecular complexity index is 1380. The molecule has 156 valence electrons. The topological polar surface area (TPSA) is 101 Å². The maximum absolute atomic E-state index is 12.4. The number of amides is 1. The summed E-state index contributed by atoms with van der Waals surface area (Å²) in [5, 5.41) is 17.8. The number of carbonyl (C=O) groups is 1. The molecule has 5 rings (SSSR count). The molecule has 2 aromatic heterocycles. The molecule has 0 aliphatic heterocycles. The standard InChI is InChI=1S/C24H19N7O/c32-24(28-26-15-20-14-25-22-9-5-4-8-21(20)22)19-12-10-17(11-13-19)16-31-29-23(27-30-31)18-6-2-1-3-7-18/h1-15,25H,16H2,(H,28,32). The molecule has 5 aromatic rings. The van der Waals surface area contributed by atoms with Crippen molar-refractivity contribution in [2.24, 2.45) is 5.10 Å². The summed E-state index contributed by atoms with van der Waals surface area (Å²) in [6.45, 7) is 0.459. The molecule has 8 heteroatoms. The van der Waals surface area contributed by atoms with Crippen LogP contribution in [0.5, 0.6) is 0 Å². The lowest BCUT2D eigenvalue weighted by Gasteiger charge is -2.03. The van der Waals surface area contributed by atoms with Gasteiger partial charge in [-0.05, 0) is 29.0 Å². The van der Waals surface area contributed by atoms with Crippen molar-refractivity contribution < 1.29 is 4.79 Å². The predicted octanol–water partition coefficient (Wildman–Crippen LogP) is 3.63. The lowest BCUT2D eigenvalue weighted by Crippen LogP contribution is -2.17. The van der Waals surface area contributed by atoms with Crippen molar-refractivity contribution in [2.75, 3.05) is 0 Å². The number of aromatic nitrogens is 5. The van der Waals surface area contributed by atoms with Gasteiger partial charge in [-0.25, -0.2) is 5.43 Å².